The molecule has 1 amide bonds. The number of rotatable bonds is 0. The van der Waals surface area contributed by atoms with E-state index in [0.717, 1.165) is 32.1 Å². The Kier molecular flexibility index (Phi) is 3.45. The second-order valence-electron chi connectivity index (χ2n) is 5.25. The molecule has 3 N–H and O–H groups in total. The minimum Gasteiger partial charge on any atom is -0.317 e. The smallest absolute Gasteiger partial charge is 0.253 e. The lowest BCUT2D eigenvalue weighted by molar-refractivity contribution is -0.121. The minimum absolute atomic E-state index is 0.0273. The van der Waals surface area contributed by atoms with Crippen LogP contribution in [0.2, 0.25) is 0 Å². The van der Waals surface area contributed by atoms with E-state index < -0.39 is 21.5 Å². The molecular formula is C11H20N2O3S. The van der Waals surface area contributed by atoms with Crippen molar-refractivity contribution in [1.82, 2.24) is 4.72 Å². The molecule has 5 nitrogen and oxygen atoms in total. The molecule has 2 atom stereocenters. The Morgan fingerprint density at radius 3 is 2.59 bits per heavy atom. The van der Waals surface area contributed by atoms with Gasteiger partial charge >= 0.3 is 0 Å². The summed E-state index contributed by atoms with van der Waals surface area (Å²) in [6.45, 7) is 0. The van der Waals surface area contributed by atoms with Crippen LogP contribution in [0.5, 0.6) is 0 Å². The normalized spacial score (nSPS) is 38.2. The molecule has 2 fully saturated rings. The molecule has 6 heteroatoms. The van der Waals surface area contributed by atoms with E-state index in [2.05, 4.69) is 4.72 Å². The molecule has 1 heterocycles. The summed E-state index contributed by atoms with van der Waals surface area (Å²) in [7, 11) is -3.48. The Morgan fingerprint density at radius 1 is 1.18 bits per heavy atom. The van der Waals surface area contributed by atoms with Crippen molar-refractivity contribution in [3.8, 4) is 0 Å². The molecule has 0 aromatic rings. The number of carbonyl (C=O) groups excluding carboxylic acids is 1. The molecule has 0 aromatic heterocycles. The van der Waals surface area contributed by atoms with Crippen molar-refractivity contribution in [2.45, 2.75) is 50.5 Å². The summed E-state index contributed by atoms with van der Waals surface area (Å²) in [6.07, 6.45) is 6.33. The molecule has 1 saturated heterocycles. The zero-order valence-electron chi connectivity index (χ0n) is 9.94. The van der Waals surface area contributed by atoms with E-state index in [1.165, 1.54) is 0 Å². The Balaban J connectivity index is 2.05. The molecule has 0 unspecified atom stereocenters. The summed E-state index contributed by atoms with van der Waals surface area (Å²) in [5.41, 5.74) is 5.00. The van der Waals surface area contributed by atoms with E-state index in [1.54, 1.807) is 0 Å². The van der Waals surface area contributed by atoms with Crippen LogP contribution in [0.3, 0.4) is 0 Å². The van der Waals surface area contributed by atoms with Gasteiger partial charge in [-0.1, -0.05) is 25.7 Å². The van der Waals surface area contributed by atoms with Crippen LogP contribution in [0.4, 0.5) is 0 Å². The number of sulfonamides is 1. The highest BCUT2D eigenvalue weighted by Crippen LogP contribution is 2.45. The number of nitrogens with two attached hydrogens (primary N) is 1. The van der Waals surface area contributed by atoms with E-state index in [9.17, 15) is 13.2 Å². The molecule has 17 heavy (non-hydrogen) atoms. The third kappa shape index (κ3) is 2.98. The van der Waals surface area contributed by atoms with Crippen LogP contribution in [0.1, 0.15) is 44.9 Å². The topological polar surface area (TPSA) is 89.3 Å². The summed E-state index contributed by atoms with van der Waals surface area (Å²) < 4.78 is 25.3. The minimum atomic E-state index is -3.48. The second kappa shape index (κ2) is 4.57. The van der Waals surface area contributed by atoms with E-state index >= 15 is 0 Å². The van der Waals surface area contributed by atoms with Gasteiger partial charge in [0.25, 0.3) is 5.91 Å². The molecule has 2 aliphatic rings. The molecule has 2 rings (SSSR count). The summed E-state index contributed by atoms with van der Waals surface area (Å²) in [6, 6.07) is 0. The van der Waals surface area contributed by atoms with Gasteiger partial charge in [-0.25, -0.2) is 8.42 Å². The van der Waals surface area contributed by atoms with Crippen molar-refractivity contribution < 1.29 is 13.2 Å². The number of hydrogen-bond donors (Lipinski definition) is 2. The standard InChI is InChI=1S/C11H20N2O3S/c12-11-8-9(11)6-4-2-1-3-5-7-17(15,16)13-10(11)14/h9H,1-8,12H2,(H,13,14)/t9-,11-/m1/s1. The first-order valence-electron chi connectivity index (χ1n) is 6.28. The zero-order chi connectivity index (χ0) is 12.5. The summed E-state index contributed by atoms with van der Waals surface area (Å²) in [5.74, 6) is -0.320. The van der Waals surface area contributed by atoms with Gasteiger partial charge in [-0.05, 0) is 25.2 Å². The van der Waals surface area contributed by atoms with Gasteiger partial charge in [-0.2, -0.15) is 0 Å². The fourth-order valence-corrected chi connectivity index (χ4v) is 3.65. The van der Waals surface area contributed by atoms with E-state index in [4.69, 9.17) is 5.73 Å². The maximum absolute atomic E-state index is 11.8. The van der Waals surface area contributed by atoms with E-state index in [1.807, 2.05) is 0 Å². The molecule has 0 bridgehead atoms. The lowest BCUT2D eigenvalue weighted by atomic mass is 10.1. The highest BCUT2D eigenvalue weighted by Gasteiger charge is 2.56. The zero-order valence-corrected chi connectivity index (χ0v) is 10.8. The average molecular weight is 260 g/mol. The van der Waals surface area contributed by atoms with Gasteiger partial charge in [-0.15, -0.1) is 0 Å². The predicted molar refractivity (Wildman–Crippen MR) is 64.7 cm³/mol. The van der Waals surface area contributed by atoms with Crippen LogP contribution in [-0.4, -0.2) is 25.6 Å². The first kappa shape index (κ1) is 12.8. The Morgan fingerprint density at radius 2 is 1.82 bits per heavy atom. The van der Waals surface area contributed by atoms with Crippen molar-refractivity contribution in [3.63, 3.8) is 0 Å². The van der Waals surface area contributed by atoms with Gasteiger partial charge in [0.15, 0.2) is 0 Å². The maximum atomic E-state index is 11.8. The first-order chi connectivity index (χ1) is 7.94. The quantitative estimate of drug-likeness (QED) is 0.664. The SMILES string of the molecule is N[C@]12C[C@H]1CCCCCCCS(=O)(=O)NC2=O. The number of nitrogens with one attached hydrogen (secondary N) is 1. The number of amides is 1. The largest absolute Gasteiger partial charge is 0.317 e. The Bertz CT molecular complexity index is 407. The van der Waals surface area contributed by atoms with Crippen LogP contribution in [0.25, 0.3) is 0 Å². The molecular weight excluding hydrogens is 240 g/mol. The predicted octanol–water partition coefficient (Wildman–Crippen LogP) is 0.504. The monoisotopic (exact) mass is 260 g/mol. The molecule has 98 valence electrons. The first-order valence-corrected chi connectivity index (χ1v) is 7.93. The maximum Gasteiger partial charge on any atom is 0.253 e. The van der Waals surface area contributed by atoms with Crippen LogP contribution < -0.4 is 10.5 Å². The van der Waals surface area contributed by atoms with Crippen LogP contribution >= 0.6 is 0 Å². The molecule has 1 aliphatic heterocycles. The number of carbonyl (C=O) groups is 1. The summed E-state index contributed by atoms with van der Waals surface area (Å²) in [4.78, 5) is 11.8. The third-order valence-corrected chi connectivity index (χ3v) is 5.11. The summed E-state index contributed by atoms with van der Waals surface area (Å²) >= 11 is 0. The van der Waals surface area contributed by atoms with Gasteiger partial charge in [0.05, 0.1) is 11.3 Å². The molecule has 0 aromatic carbocycles. The fourth-order valence-electron chi connectivity index (χ4n) is 2.49. The average Bonchev–Trinajstić information content (AvgIpc) is 2.88. The molecule has 0 spiro atoms. The molecule has 1 aliphatic carbocycles. The third-order valence-electron chi connectivity index (χ3n) is 3.79. The van der Waals surface area contributed by atoms with Crippen molar-refractivity contribution in [2.24, 2.45) is 11.7 Å². The van der Waals surface area contributed by atoms with Gasteiger partial charge in [0.2, 0.25) is 10.0 Å². The van der Waals surface area contributed by atoms with Crippen LogP contribution in [0.15, 0.2) is 0 Å². The lowest BCUT2D eigenvalue weighted by Gasteiger charge is -2.14. The van der Waals surface area contributed by atoms with Crippen molar-refractivity contribution in [1.29, 1.82) is 0 Å². The highest BCUT2D eigenvalue weighted by atomic mass is 32.2. The van der Waals surface area contributed by atoms with Crippen LogP contribution in [-0.2, 0) is 14.8 Å². The Hall–Kier alpha value is -0.620. The second-order valence-corrected chi connectivity index (χ2v) is 7.09. The van der Waals surface area contributed by atoms with E-state index in [-0.39, 0.29) is 11.7 Å². The highest BCUT2D eigenvalue weighted by molar-refractivity contribution is 7.90. The Labute approximate surface area is 102 Å². The van der Waals surface area contributed by atoms with Gasteiger partial charge in [-0.3, -0.25) is 9.52 Å². The van der Waals surface area contributed by atoms with E-state index in [0.29, 0.717) is 12.8 Å². The van der Waals surface area contributed by atoms with Crippen molar-refractivity contribution in [3.05, 3.63) is 0 Å². The van der Waals surface area contributed by atoms with Crippen molar-refractivity contribution >= 4 is 15.9 Å². The van der Waals surface area contributed by atoms with Gasteiger partial charge in [0.1, 0.15) is 0 Å². The molecule has 0 radical (unpaired) electrons. The van der Waals surface area contributed by atoms with Gasteiger partial charge in [0, 0.05) is 0 Å². The molecule has 1 saturated carbocycles. The lowest BCUT2D eigenvalue weighted by Crippen LogP contribution is -2.47. The van der Waals surface area contributed by atoms with Gasteiger partial charge < -0.3 is 5.73 Å². The fraction of sp³-hybridized carbons (Fsp3) is 0.909. The number of hydrogen-bond acceptors (Lipinski definition) is 4. The summed E-state index contributed by atoms with van der Waals surface area (Å²) in [5, 5.41) is 0. The number of fused-ring (bicyclic) bond motifs is 1. The van der Waals surface area contributed by atoms with Crippen LogP contribution in [0, 0.1) is 5.92 Å². The van der Waals surface area contributed by atoms with Crippen molar-refractivity contribution in [2.75, 3.05) is 5.75 Å².